The molecule has 0 spiro atoms. The molecular formula is C19H24N4O2S. The van der Waals surface area contributed by atoms with Crippen molar-refractivity contribution < 1.29 is 10.2 Å². The Morgan fingerprint density at radius 3 is 2.73 bits per heavy atom. The van der Waals surface area contributed by atoms with Gasteiger partial charge in [-0.2, -0.15) is 4.52 Å². The lowest BCUT2D eigenvalue weighted by molar-refractivity contribution is 0.0689. The lowest BCUT2D eigenvalue weighted by Crippen LogP contribution is -2.38. The molecule has 2 aromatic heterocycles. The topological polar surface area (TPSA) is 73.9 Å². The first-order chi connectivity index (χ1) is 12.6. The lowest BCUT2D eigenvalue weighted by atomic mass is 9.98. The minimum absolute atomic E-state index is 0.0547. The largest absolute Gasteiger partial charge is 0.492 e. The second-order valence-electron chi connectivity index (χ2n) is 6.95. The van der Waals surface area contributed by atoms with Crippen LogP contribution in [0.2, 0.25) is 0 Å². The van der Waals surface area contributed by atoms with Crippen molar-refractivity contribution in [2.45, 2.75) is 45.3 Å². The number of aromatic hydroxyl groups is 1. The summed E-state index contributed by atoms with van der Waals surface area (Å²) in [7, 11) is 0. The fourth-order valence-electron chi connectivity index (χ4n) is 3.63. The van der Waals surface area contributed by atoms with Crippen molar-refractivity contribution in [3.63, 3.8) is 0 Å². The lowest BCUT2D eigenvalue weighted by Gasteiger charge is -2.36. The summed E-state index contributed by atoms with van der Waals surface area (Å²) in [6.07, 6.45) is 2.02. The molecule has 3 aromatic rings. The van der Waals surface area contributed by atoms with E-state index >= 15 is 0 Å². The number of likely N-dealkylation sites (tertiary alicyclic amines) is 1. The zero-order valence-corrected chi connectivity index (χ0v) is 15.9. The molecule has 0 saturated carbocycles. The molecule has 0 aliphatic carbocycles. The molecule has 0 amide bonds. The third kappa shape index (κ3) is 3.11. The van der Waals surface area contributed by atoms with Crippen molar-refractivity contribution in [1.29, 1.82) is 0 Å². The minimum Gasteiger partial charge on any atom is -0.492 e. The summed E-state index contributed by atoms with van der Waals surface area (Å²) in [5.74, 6) is 0.918. The van der Waals surface area contributed by atoms with E-state index in [9.17, 15) is 10.2 Å². The maximum Gasteiger partial charge on any atom is 0.230 e. The van der Waals surface area contributed by atoms with Gasteiger partial charge in [-0.3, -0.25) is 4.90 Å². The predicted molar refractivity (Wildman–Crippen MR) is 102 cm³/mol. The van der Waals surface area contributed by atoms with Crippen LogP contribution in [0.25, 0.3) is 4.96 Å². The first-order valence-electron chi connectivity index (χ1n) is 9.12. The molecule has 3 heterocycles. The van der Waals surface area contributed by atoms with Crippen LogP contribution in [0, 0.1) is 6.92 Å². The average Bonchev–Trinajstić information content (AvgIpc) is 3.17. The molecule has 0 unspecified atom stereocenters. The van der Waals surface area contributed by atoms with Crippen LogP contribution in [0.3, 0.4) is 0 Å². The van der Waals surface area contributed by atoms with Gasteiger partial charge in [0.15, 0.2) is 5.82 Å². The molecule has 1 aromatic carbocycles. The highest BCUT2D eigenvalue weighted by atomic mass is 32.1. The van der Waals surface area contributed by atoms with Gasteiger partial charge in [-0.1, -0.05) is 48.1 Å². The quantitative estimate of drug-likeness (QED) is 0.737. The first-order valence-corrected chi connectivity index (χ1v) is 9.94. The van der Waals surface area contributed by atoms with E-state index in [0.29, 0.717) is 0 Å². The van der Waals surface area contributed by atoms with E-state index < -0.39 is 0 Å². The van der Waals surface area contributed by atoms with Crippen molar-refractivity contribution in [3.05, 3.63) is 46.1 Å². The number of piperidine rings is 1. The van der Waals surface area contributed by atoms with E-state index in [1.165, 1.54) is 16.9 Å². The van der Waals surface area contributed by atoms with Gasteiger partial charge >= 0.3 is 0 Å². The molecule has 26 heavy (non-hydrogen) atoms. The number of benzene rings is 1. The van der Waals surface area contributed by atoms with Crippen LogP contribution in [0.4, 0.5) is 0 Å². The van der Waals surface area contributed by atoms with Crippen LogP contribution >= 0.6 is 11.3 Å². The molecular weight excluding hydrogens is 348 g/mol. The summed E-state index contributed by atoms with van der Waals surface area (Å²) in [4.78, 5) is 8.45. The van der Waals surface area contributed by atoms with E-state index in [2.05, 4.69) is 46.2 Å². The summed E-state index contributed by atoms with van der Waals surface area (Å²) < 4.78 is 1.56. The fourth-order valence-corrected chi connectivity index (χ4v) is 4.77. The highest BCUT2D eigenvalue weighted by molar-refractivity contribution is 7.17. The Kier molecular flexibility index (Phi) is 4.69. The molecule has 138 valence electrons. The van der Waals surface area contributed by atoms with Crippen LogP contribution in [0.1, 0.15) is 47.6 Å². The van der Waals surface area contributed by atoms with Gasteiger partial charge < -0.3 is 10.2 Å². The molecule has 7 heteroatoms. The molecule has 1 saturated heterocycles. The minimum atomic E-state index is -0.229. The van der Waals surface area contributed by atoms with E-state index in [1.54, 1.807) is 4.52 Å². The van der Waals surface area contributed by atoms with Crippen molar-refractivity contribution in [1.82, 2.24) is 19.5 Å². The van der Waals surface area contributed by atoms with Crippen molar-refractivity contribution in [2.24, 2.45) is 0 Å². The highest BCUT2D eigenvalue weighted by Crippen LogP contribution is 2.41. The summed E-state index contributed by atoms with van der Waals surface area (Å²) in [6, 6.07) is 8.36. The van der Waals surface area contributed by atoms with Crippen LogP contribution in [-0.4, -0.2) is 48.9 Å². The van der Waals surface area contributed by atoms with Gasteiger partial charge in [0.2, 0.25) is 10.8 Å². The number of nitrogens with zero attached hydrogens (tertiary/aromatic N) is 4. The summed E-state index contributed by atoms with van der Waals surface area (Å²) in [6.45, 7) is 5.68. The number of aryl methyl sites for hydroxylation is 2. The van der Waals surface area contributed by atoms with Crippen molar-refractivity contribution >= 4 is 16.3 Å². The Labute approximate surface area is 156 Å². The molecule has 0 bridgehead atoms. The first kappa shape index (κ1) is 17.5. The zero-order valence-electron chi connectivity index (χ0n) is 15.1. The van der Waals surface area contributed by atoms with E-state index in [4.69, 9.17) is 0 Å². The monoisotopic (exact) mass is 372 g/mol. The number of thiazole rings is 1. The second kappa shape index (κ2) is 6.98. The van der Waals surface area contributed by atoms with Gasteiger partial charge in [0.05, 0.1) is 17.0 Å². The smallest absolute Gasteiger partial charge is 0.230 e. The van der Waals surface area contributed by atoms with E-state index in [-0.39, 0.29) is 18.0 Å². The number of fused-ring (bicyclic) bond motifs is 1. The Bertz CT molecular complexity index is 912. The third-order valence-electron chi connectivity index (χ3n) is 5.03. The molecule has 1 aliphatic rings. The molecule has 6 nitrogen and oxygen atoms in total. The Morgan fingerprint density at radius 1 is 1.31 bits per heavy atom. The maximum atomic E-state index is 10.9. The summed E-state index contributed by atoms with van der Waals surface area (Å²) >= 11 is 1.50. The fraction of sp³-hybridized carbons (Fsp3) is 0.474. The second-order valence-corrected chi connectivity index (χ2v) is 7.96. The molecule has 1 aliphatic heterocycles. The Hall–Kier alpha value is -1.96. The zero-order chi connectivity index (χ0) is 18.3. The van der Waals surface area contributed by atoms with Crippen LogP contribution in [0.5, 0.6) is 5.88 Å². The van der Waals surface area contributed by atoms with Crippen LogP contribution in [-0.2, 0) is 6.42 Å². The van der Waals surface area contributed by atoms with Gasteiger partial charge in [0, 0.05) is 19.5 Å². The van der Waals surface area contributed by atoms with Gasteiger partial charge in [-0.25, -0.2) is 4.98 Å². The number of rotatable bonds is 4. The summed E-state index contributed by atoms with van der Waals surface area (Å²) in [5.41, 5.74) is 2.34. The van der Waals surface area contributed by atoms with Gasteiger partial charge in [-0.15, -0.1) is 5.10 Å². The van der Waals surface area contributed by atoms with Gasteiger partial charge in [-0.05, 0) is 25.3 Å². The number of aromatic nitrogens is 3. The predicted octanol–water partition coefficient (Wildman–Crippen LogP) is 2.91. The van der Waals surface area contributed by atoms with Crippen molar-refractivity contribution in [3.8, 4) is 5.88 Å². The van der Waals surface area contributed by atoms with Gasteiger partial charge in [0.1, 0.15) is 0 Å². The van der Waals surface area contributed by atoms with Gasteiger partial charge in [0.25, 0.3) is 0 Å². The number of hydrogen-bond acceptors (Lipinski definition) is 6. The molecule has 4 rings (SSSR count). The Morgan fingerprint density at radius 2 is 2.08 bits per heavy atom. The molecule has 1 fully saturated rings. The number of aliphatic hydroxyl groups excluding tert-OH is 1. The average molecular weight is 372 g/mol. The van der Waals surface area contributed by atoms with Crippen molar-refractivity contribution in [2.75, 3.05) is 13.1 Å². The standard InChI is InChI=1S/C19H24N4O2S/c1-3-15-20-19-23(21-15)18(25)17(26-19)16(13-6-4-5-12(2)11-13)22-9-7-14(24)8-10-22/h4-6,11,14,16,24-25H,3,7-10H2,1-2H3/t16-/m0/s1. The molecule has 0 radical (unpaired) electrons. The number of hydrogen-bond donors (Lipinski definition) is 2. The Balaban J connectivity index is 1.79. The van der Waals surface area contributed by atoms with Crippen LogP contribution < -0.4 is 0 Å². The maximum absolute atomic E-state index is 10.9. The van der Waals surface area contributed by atoms with E-state index in [1.807, 2.05) is 6.92 Å². The molecule has 2 N–H and O–H groups in total. The number of aliphatic hydroxyl groups is 1. The third-order valence-corrected chi connectivity index (χ3v) is 6.10. The SMILES string of the molecule is CCc1nc2sc([C@H](c3cccc(C)c3)N3CCC(O)CC3)c(O)n2n1. The molecule has 1 atom stereocenters. The highest BCUT2D eigenvalue weighted by Gasteiger charge is 2.31. The van der Waals surface area contributed by atoms with E-state index in [0.717, 1.165) is 53.6 Å². The van der Waals surface area contributed by atoms with Crippen LogP contribution in [0.15, 0.2) is 24.3 Å². The summed E-state index contributed by atoms with van der Waals surface area (Å²) in [5, 5.41) is 25.2. The normalized spacial score (nSPS) is 17.8.